The molecule has 7 rings (SSSR count). The summed E-state index contributed by atoms with van der Waals surface area (Å²) in [6, 6.07) is 14.9. The van der Waals surface area contributed by atoms with E-state index >= 15 is 4.79 Å². The van der Waals surface area contributed by atoms with E-state index in [0.717, 1.165) is 13.8 Å². The van der Waals surface area contributed by atoms with E-state index in [1.165, 1.54) is 25.1 Å². The molecule has 2 aromatic rings. The number of carbonyl (C=O) groups excluding carboxylic acids is 6. The van der Waals surface area contributed by atoms with Crippen molar-refractivity contribution in [1.29, 1.82) is 0 Å². The van der Waals surface area contributed by atoms with Crippen LogP contribution in [0.5, 0.6) is 0 Å². The van der Waals surface area contributed by atoms with Gasteiger partial charge in [0, 0.05) is 43.6 Å². The molecule has 12 atom stereocenters. The van der Waals surface area contributed by atoms with Crippen molar-refractivity contribution < 1.29 is 67.8 Å². The predicted octanol–water partition coefficient (Wildman–Crippen LogP) is 3.11. The summed E-state index contributed by atoms with van der Waals surface area (Å²) in [5, 5.41) is 40.1. The van der Waals surface area contributed by atoms with Crippen molar-refractivity contribution in [3.8, 4) is 0 Å². The highest BCUT2D eigenvalue weighted by Gasteiger charge is 2.78. The Morgan fingerprint density at radius 2 is 1.54 bits per heavy atom. The van der Waals surface area contributed by atoms with Gasteiger partial charge < -0.3 is 44.3 Å². The number of hydrogen-bond donors (Lipinski definition) is 4. The lowest BCUT2D eigenvalue weighted by Gasteiger charge is -2.67. The number of ketones is 1. The van der Waals surface area contributed by atoms with Gasteiger partial charge in [-0.1, -0.05) is 74.5 Å². The number of rotatable bonds is 10. The van der Waals surface area contributed by atoms with E-state index in [2.05, 4.69) is 5.32 Å². The molecule has 3 fully saturated rings. The minimum Gasteiger partial charge on any atom is -0.456 e. The minimum absolute atomic E-state index is 0.0378. The maximum atomic E-state index is 15.3. The summed E-state index contributed by atoms with van der Waals surface area (Å²) in [6.07, 6.45) is -1.57. The van der Waals surface area contributed by atoms with E-state index in [4.69, 9.17) is 23.7 Å². The molecule has 4 N–H and O–H groups in total. The van der Waals surface area contributed by atoms with Crippen molar-refractivity contribution in [2.45, 2.75) is 108 Å². The number of Topliss-reactive ketones (excluding diaryl/α,β-unsaturated/α-hetero) is 1. The van der Waals surface area contributed by atoms with Crippen LogP contribution in [-0.2, 0) is 42.9 Å². The number of ether oxygens (including phenoxy) is 5. The number of esters is 4. The highest BCUT2D eigenvalue weighted by Crippen LogP contribution is 2.63. The Hall–Kier alpha value is -5.48. The van der Waals surface area contributed by atoms with Crippen molar-refractivity contribution in [3.05, 3.63) is 108 Å². The summed E-state index contributed by atoms with van der Waals surface area (Å²) in [7, 11) is 0. The molecule has 5 aliphatic rings. The second-order valence-corrected chi connectivity index (χ2v) is 17.3. The van der Waals surface area contributed by atoms with Gasteiger partial charge in [-0.05, 0) is 49.3 Å². The SMILES string of the molecule is CC(=O)O[C@H]1C(=O)[C@@]2(C)[C@H]([C@H](OC(=O)c3ccccc3)[C@]3(O)C[C@H](OC(=O)[C@H](O)[C@@H](NC(=O)c4ccccc4)C4C=CC=CC4)C=C1C3(C)C)[C@]1(OC(C)=O)CO[C@@H]1C[C@@H]2O. The number of fused-ring (bicyclic) bond motifs is 5. The van der Waals surface area contributed by atoms with Gasteiger partial charge in [0.15, 0.2) is 23.6 Å². The monoisotopic (exact) mass is 841 g/mol. The molecular formula is C46H51NO14. The van der Waals surface area contributed by atoms with Gasteiger partial charge >= 0.3 is 23.9 Å². The maximum Gasteiger partial charge on any atom is 0.338 e. The molecule has 1 unspecified atom stereocenters. The Kier molecular flexibility index (Phi) is 11.7. The van der Waals surface area contributed by atoms with Gasteiger partial charge in [0.05, 0.1) is 35.6 Å². The van der Waals surface area contributed by atoms with E-state index in [0.29, 0.717) is 6.42 Å². The molecule has 15 heteroatoms. The van der Waals surface area contributed by atoms with Crippen LogP contribution in [0.3, 0.4) is 0 Å². The van der Waals surface area contributed by atoms with E-state index < -0.39 is 119 Å². The Morgan fingerprint density at radius 3 is 2.11 bits per heavy atom. The third-order valence-electron chi connectivity index (χ3n) is 13.4. The zero-order valence-corrected chi connectivity index (χ0v) is 34.5. The van der Waals surface area contributed by atoms with Crippen LogP contribution in [0.1, 0.15) is 74.6 Å². The van der Waals surface area contributed by atoms with Crippen LogP contribution in [0.2, 0.25) is 0 Å². The second kappa shape index (κ2) is 16.4. The van der Waals surface area contributed by atoms with Gasteiger partial charge in [-0.25, -0.2) is 9.59 Å². The van der Waals surface area contributed by atoms with E-state index in [1.807, 2.05) is 6.08 Å². The van der Waals surface area contributed by atoms with Crippen LogP contribution in [0, 0.1) is 22.7 Å². The first kappa shape index (κ1) is 43.6. The fraction of sp³-hybridized carbons (Fsp3) is 0.478. The largest absolute Gasteiger partial charge is 0.456 e. The fourth-order valence-electron chi connectivity index (χ4n) is 10.0. The molecule has 2 saturated carbocycles. The molecule has 0 spiro atoms. The van der Waals surface area contributed by atoms with Crippen molar-refractivity contribution in [2.24, 2.45) is 22.7 Å². The number of hydrogen-bond acceptors (Lipinski definition) is 14. The minimum atomic E-state index is -2.37. The maximum absolute atomic E-state index is 15.3. The molecule has 0 aromatic heterocycles. The Morgan fingerprint density at radius 1 is 0.885 bits per heavy atom. The number of aliphatic hydroxyl groups is 3. The molecule has 1 heterocycles. The van der Waals surface area contributed by atoms with Gasteiger partial charge in [-0.3, -0.25) is 19.2 Å². The summed E-state index contributed by atoms with van der Waals surface area (Å²) in [5.41, 5.74) is -7.49. The van der Waals surface area contributed by atoms with Crippen LogP contribution in [-0.4, -0.2) is 111 Å². The Labute approximate surface area is 352 Å². The molecule has 2 aromatic carbocycles. The molecule has 0 radical (unpaired) electrons. The highest BCUT2D eigenvalue weighted by atomic mass is 16.6. The van der Waals surface area contributed by atoms with Gasteiger partial charge in [0.25, 0.3) is 5.91 Å². The number of aliphatic hydroxyl groups excluding tert-OH is 2. The van der Waals surface area contributed by atoms with Crippen LogP contribution in [0.25, 0.3) is 0 Å². The normalized spacial score (nSPS) is 34.3. The predicted molar refractivity (Wildman–Crippen MR) is 214 cm³/mol. The van der Waals surface area contributed by atoms with Crippen molar-refractivity contribution in [3.63, 3.8) is 0 Å². The van der Waals surface area contributed by atoms with E-state index in [9.17, 15) is 39.3 Å². The summed E-state index contributed by atoms with van der Waals surface area (Å²) < 4.78 is 30.0. The van der Waals surface area contributed by atoms with Crippen LogP contribution >= 0.6 is 0 Å². The van der Waals surface area contributed by atoms with Crippen molar-refractivity contribution in [1.82, 2.24) is 5.32 Å². The average Bonchev–Trinajstić information content (AvgIpc) is 3.23. The zero-order valence-electron chi connectivity index (χ0n) is 34.5. The van der Waals surface area contributed by atoms with Gasteiger partial charge in [-0.15, -0.1) is 0 Å². The summed E-state index contributed by atoms with van der Waals surface area (Å²) in [5.74, 6) is -7.29. The van der Waals surface area contributed by atoms with E-state index in [-0.39, 0.29) is 29.7 Å². The van der Waals surface area contributed by atoms with Gasteiger partial charge in [0.1, 0.15) is 23.9 Å². The molecular weight excluding hydrogens is 790 g/mol. The van der Waals surface area contributed by atoms with Crippen molar-refractivity contribution in [2.75, 3.05) is 6.61 Å². The number of amides is 1. The Balaban J connectivity index is 1.35. The fourth-order valence-corrected chi connectivity index (χ4v) is 10.0. The first-order valence-corrected chi connectivity index (χ1v) is 20.3. The topological polar surface area (TPSA) is 221 Å². The standard InChI is InChI=1S/C46H51NO14/c1-25(48)58-36-31-21-30(59-42(55)35(51)34(27-15-9-6-10-16-27)47-40(53)28-17-11-7-12-18-28)23-46(56,43(31,3)4)39(60-41(54)29-19-13-8-14-20-29)37-44(5,38(36)52)32(50)22-33-45(37,24-57-33)61-26(2)49/h6-15,17-21,27,30,32-37,39,50-51,56H,16,22-24H2,1-5H3,(H,47,53)/t27?,30-,32+,33-,34+,35-,36-,37+,39+,44-,45+,46-/m1/s1. The quantitative estimate of drug-likeness (QED) is 0.154. The second-order valence-electron chi connectivity index (χ2n) is 17.3. The van der Waals surface area contributed by atoms with Crippen LogP contribution in [0.4, 0.5) is 0 Å². The first-order chi connectivity index (χ1) is 28.8. The third-order valence-corrected chi connectivity index (χ3v) is 13.4. The average molecular weight is 842 g/mol. The molecule has 1 saturated heterocycles. The molecule has 61 heavy (non-hydrogen) atoms. The van der Waals surface area contributed by atoms with Crippen LogP contribution < -0.4 is 5.32 Å². The molecule has 1 aliphatic heterocycles. The zero-order chi connectivity index (χ0) is 44.1. The summed E-state index contributed by atoms with van der Waals surface area (Å²) in [6.45, 7) is 6.42. The highest BCUT2D eigenvalue weighted by molar-refractivity contribution is 5.96. The Bertz CT molecular complexity index is 2170. The number of carbonyl (C=O) groups is 6. The third kappa shape index (κ3) is 7.51. The smallest absolute Gasteiger partial charge is 0.338 e. The number of allylic oxidation sites excluding steroid dienone is 3. The molecule has 15 nitrogen and oxygen atoms in total. The summed E-state index contributed by atoms with van der Waals surface area (Å²) >= 11 is 0. The van der Waals surface area contributed by atoms with Gasteiger partial charge in [-0.2, -0.15) is 0 Å². The van der Waals surface area contributed by atoms with Crippen molar-refractivity contribution >= 4 is 35.6 Å². The van der Waals surface area contributed by atoms with Crippen LogP contribution in [0.15, 0.2) is 96.6 Å². The lowest BCUT2D eigenvalue weighted by molar-refractivity contribution is -0.345. The lowest BCUT2D eigenvalue weighted by Crippen LogP contribution is -2.81. The number of nitrogens with one attached hydrogen (secondary N) is 1. The molecule has 4 aliphatic carbocycles. The van der Waals surface area contributed by atoms with E-state index in [1.54, 1.807) is 80.6 Å². The number of benzene rings is 2. The molecule has 324 valence electrons. The molecule has 1 amide bonds. The molecule has 2 bridgehead atoms. The van der Waals surface area contributed by atoms with Gasteiger partial charge in [0.2, 0.25) is 0 Å². The lowest BCUT2D eigenvalue weighted by atomic mass is 9.45. The first-order valence-electron chi connectivity index (χ1n) is 20.3. The summed E-state index contributed by atoms with van der Waals surface area (Å²) in [4.78, 5) is 82.9.